The molecule has 3 nitrogen and oxygen atoms in total. The van der Waals surface area contributed by atoms with Crippen molar-refractivity contribution in [3.05, 3.63) is 71.3 Å². The third-order valence-corrected chi connectivity index (χ3v) is 4.60. The van der Waals surface area contributed by atoms with E-state index >= 15 is 0 Å². The van der Waals surface area contributed by atoms with Crippen molar-refractivity contribution in [1.29, 1.82) is 0 Å². The molecule has 0 heterocycles. The lowest BCUT2D eigenvalue weighted by Crippen LogP contribution is -2.42. The van der Waals surface area contributed by atoms with Gasteiger partial charge in [0.2, 0.25) is 5.91 Å². The van der Waals surface area contributed by atoms with Crippen LogP contribution in [0.15, 0.2) is 54.6 Å². The van der Waals surface area contributed by atoms with Crippen molar-refractivity contribution in [3.8, 4) is 0 Å². The maximum absolute atomic E-state index is 12.9. The van der Waals surface area contributed by atoms with Gasteiger partial charge >= 0.3 is 0 Å². The third kappa shape index (κ3) is 3.30. The zero-order valence-electron chi connectivity index (χ0n) is 14.0. The average molecular weight is 308 g/mol. The van der Waals surface area contributed by atoms with Crippen molar-refractivity contribution >= 4 is 5.91 Å². The van der Waals surface area contributed by atoms with E-state index in [1.54, 1.807) is 0 Å². The highest BCUT2D eigenvalue weighted by Crippen LogP contribution is 2.45. The van der Waals surface area contributed by atoms with E-state index in [2.05, 4.69) is 36.5 Å². The summed E-state index contributed by atoms with van der Waals surface area (Å²) in [4.78, 5) is 14.9. The second-order valence-corrected chi connectivity index (χ2v) is 6.71. The zero-order valence-corrected chi connectivity index (χ0v) is 14.0. The lowest BCUT2D eigenvalue weighted by atomic mass is 10.0. The number of amides is 1. The Balaban J connectivity index is 1.81. The lowest BCUT2D eigenvalue weighted by molar-refractivity contribution is -0.126. The average Bonchev–Trinajstić information content (AvgIpc) is 3.31. The summed E-state index contributed by atoms with van der Waals surface area (Å²) >= 11 is 0. The second kappa shape index (κ2) is 6.17. The van der Waals surface area contributed by atoms with Crippen LogP contribution in [0, 0.1) is 6.92 Å². The molecule has 23 heavy (non-hydrogen) atoms. The summed E-state index contributed by atoms with van der Waals surface area (Å²) in [5, 5.41) is 3.30. The molecule has 2 aromatic rings. The number of carbonyl (C=O) groups is 1. The van der Waals surface area contributed by atoms with E-state index in [0.29, 0.717) is 0 Å². The number of carbonyl (C=O) groups excluding carboxylic acids is 1. The molecule has 0 spiro atoms. The van der Waals surface area contributed by atoms with Gasteiger partial charge in [0.15, 0.2) is 0 Å². The Morgan fingerprint density at radius 3 is 2.17 bits per heavy atom. The van der Waals surface area contributed by atoms with E-state index < -0.39 is 0 Å². The molecule has 1 amide bonds. The molecule has 1 unspecified atom stereocenters. The Kier molecular flexibility index (Phi) is 4.22. The molecular formula is C20H24N2O. The Hall–Kier alpha value is -2.13. The number of hydrogen-bond donors (Lipinski definition) is 1. The Labute approximate surface area is 138 Å². The molecule has 0 bridgehead atoms. The Morgan fingerprint density at radius 1 is 1.04 bits per heavy atom. The fourth-order valence-electron chi connectivity index (χ4n) is 3.10. The molecule has 0 aliphatic heterocycles. The summed E-state index contributed by atoms with van der Waals surface area (Å²) in [5.74, 6) is 0.0696. The van der Waals surface area contributed by atoms with E-state index in [9.17, 15) is 4.79 Å². The molecule has 1 aliphatic rings. The molecule has 1 aliphatic carbocycles. The summed E-state index contributed by atoms with van der Waals surface area (Å²) in [7, 11) is 3.90. The lowest BCUT2D eigenvalue weighted by Gasteiger charge is -2.27. The molecule has 3 rings (SSSR count). The van der Waals surface area contributed by atoms with Crippen molar-refractivity contribution in [2.75, 3.05) is 14.1 Å². The van der Waals surface area contributed by atoms with Crippen LogP contribution in [0.4, 0.5) is 0 Å². The van der Waals surface area contributed by atoms with Gasteiger partial charge in [0.1, 0.15) is 6.04 Å². The summed E-state index contributed by atoms with van der Waals surface area (Å²) in [6, 6.07) is 18.2. The van der Waals surface area contributed by atoms with Gasteiger partial charge in [-0.3, -0.25) is 9.69 Å². The summed E-state index contributed by atoms with van der Waals surface area (Å²) in [5.41, 5.74) is 3.27. The first kappa shape index (κ1) is 15.8. The molecule has 0 radical (unpaired) electrons. The summed E-state index contributed by atoms with van der Waals surface area (Å²) in [6.07, 6.45) is 2.02. The maximum atomic E-state index is 12.9. The number of likely N-dealkylation sites (N-methyl/N-ethyl adjacent to an activating group) is 1. The minimum Gasteiger partial charge on any atom is -0.345 e. The van der Waals surface area contributed by atoms with Gasteiger partial charge in [-0.25, -0.2) is 0 Å². The van der Waals surface area contributed by atoms with E-state index in [1.165, 1.54) is 11.1 Å². The standard InChI is InChI=1S/C20H24N2O/c1-15-9-11-16(12-10-15)18(22(2)3)19(23)21-20(13-14-20)17-7-5-4-6-8-17/h4-12,18H,13-14H2,1-3H3,(H,21,23). The Morgan fingerprint density at radius 2 is 1.65 bits per heavy atom. The molecule has 1 fully saturated rings. The monoisotopic (exact) mass is 308 g/mol. The normalized spacial score (nSPS) is 16.9. The molecule has 1 atom stereocenters. The number of benzene rings is 2. The van der Waals surface area contributed by atoms with E-state index in [4.69, 9.17) is 0 Å². The highest BCUT2D eigenvalue weighted by atomic mass is 16.2. The minimum absolute atomic E-state index is 0.0696. The van der Waals surface area contributed by atoms with Crippen molar-refractivity contribution in [2.45, 2.75) is 31.3 Å². The number of rotatable bonds is 5. The van der Waals surface area contributed by atoms with Crippen molar-refractivity contribution in [2.24, 2.45) is 0 Å². The Bertz CT molecular complexity index is 673. The molecule has 1 saturated carbocycles. The van der Waals surface area contributed by atoms with Crippen LogP contribution >= 0.6 is 0 Å². The fraction of sp³-hybridized carbons (Fsp3) is 0.350. The van der Waals surface area contributed by atoms with E-state index in [1.807, 2.05) is 49.3 Å². The zero-order chi connectivity index (χ0) is 16.4. The van der Waals surface area contributed by atoms with Crippen molar-refractivity contribution in [1.82, 2.24) is 10.2 Å². The molecular weight excluding hydrogens is 284 g/mol. The van der Waals surface area contributed by atoms with Gasteiger partial charge in [-0.15, -0.1) is 0 Å². The van der Waals surface area contributed by atoms with Crippen molar-refractivity contribution in [3.63, 3.8) is 0 Å². The van der Waals surface area contributed by atoms with Gasteiger partial charge in [-0.1, -0.05) is 60.2 Å². The maximum Gasteiger partial charge on any atom is 0.242 e. The quantitative estimate of drug-likeness (QED) is 0.918. The number of hydrogen-bond acceptors (Lipinski definition) is 2. The van der Waals surface area contributed by atoms with Crippen LogP contribution in [0.5, 0.6) is 0 Å². The number of aryl methyl sites for hydroxylation is 1. The minimum atomic E-state index is -0.267. The topological polar surface area (TPSA) is 32.3 Å². The first-order valence-corrected chi connectivity index (χ1v) is 8.12. The molecule has 2 aromatic carbocycles. The van der Waals surface area contributed by atoms with Crippen LogP contribution < -0.4 is 5.32 Å². The van der Waals surface area contributed by atoms with Crippen LogP contribution in [0.25, 0.3) is 0 Å². The predicted molar refractivity (Wildman–Crippen MR) is 93.1 cm³/mol. The van der Waals surface area contributed by atoms with Crippen molar-refractivity contribution < 1.29 is 4.79 Å². The third-order valence-electron chi connectivity index (χ3n) is 4.60. The van der Waals surface area contributed by atoms with Crippen LogP contribution in [0.2, 0.25) is 0 Å². The molecule has 3 heteroatoms. The van der Waals surface area contributed by atoms with E-state index in [0.717, 1.165) is 18.4 Å². The second-order valence-electron chi connectivity index (χ2n) is 6.71. The van der Waals surface area contributed by atoms with Crippen LogP contribution in [-0.4, -0.2) is 24.9 Å². The number of nitrogens with zero attached hydrogens (tertiary/aromatic N) is 1. The molecule has 0 saturated heterocycles. The first-order valence-electron chi connectivity index (χ1n) is 8.12. The van der Waals surface area contributed by atoms with Crippen LogP contribution in [0.1, 0.15) is 35.6 Å². The van der Waals surface area contributed by atoms with Gasteiger partial charge in [0.05, 0.1) is 5.54 Å². The van der Waals surface area contributed by atoms with Crippen LogP contribution in [-0.2, 0) is 10.3 Å². The first-order chi connectivity index (χ1) is 11.0. The largest absolute Gasteiger partial charge is 0.345 e. The molecule has 0 aromatic heterocycles. The summed E-state index contributed by atoms with van der Waals surface area (Å²) < 4.78 is 0. The molecule has 120 valence electrons. The summed E-state index contributed by atoms with van der Waals surface area (Å²) in [6.45, 7) is 2.06. The smallest absolute Gasteiger partial charge is 0.242 e. The van der Waals surface area contributed by atoms with E-state index in [-0.39, 0.29) is 17.5 Å². The fourth-order valence-corrected chi connectivity index (χ4v) is 3.10. The van der Waals surface area contributed by atoms with Gasteiger partial charge in [0, 0.05) is 0 Å². The van der Waals surface area contributed by atoms with Gasteiger partial charge in [0.25, 0.3) is 0 Å². The highest BCUT2D eigenvalue weighted by Gasteiger charge is 2.46. The van der Waals surface area contributed by atoms with Gasteiger partial charge in [-0.05, 0) is 45.0 Å². The molecule has 1 N–H and O–H groups in total. The van der Waals surface area contributed by atoms with Gasteiger partial charge in [-0.2, -0.15) is 0 Å². The predicted octanol–water partition coefficient (Wildman–Crippen LogP) is 3.40. The van der Waals surface area contributed by atoms with Crippen LogP contribution in [0.3, 0.4) is 0 Å². The van der Waals surface area contributed by atoms with Gasteiger partial charge < -0.3 is 5.32 Å². The SMILES string of the molecule is Cc1ccc(C(C(=O)NC2(c3ccccc3)CC2)N(C)C)cc1. The number of nitrogens with one attached hydrogen (secondary N) is 1. The highest BCUT2D eigenvalue weighted by molar-refractivity contribution is 5.84.